The van der Waals surface area contributed by atoms with Crippen LogP contribution in [0.5, 0.6) is 0 Å². The molecule has 26 heavy (non-hydrogen) atoms. The predicted octanol–water partition coefficient (Wildman–Crippen LogP) is 4.65. The summed E-state index contributed by atoms with van der Waals surface area (Å²) in [5.74, 6) is -1.87. The number of hydrogen-bond donors (Lipinski definition) is 1. The molecule has 5 nitrogen and oxygen atoms in total. The molecular weight excluding hydrogens is 466 g/mol. The fourth-order valence-electron chi connectivity index (χ4n) is 3.14. The van der Waals surface area contributed by atoms with Crippen LogP contribution >= 0.6 is 31.9 Å². The van der Waals surface area contributed by atoms with Crippen molar-refractivity contribution in [1.82, 2.24) is 4.90 Å². The van der Waals surface area contributed by atoms with Crippen molar-refractivity contribution in [3.63, 3.8) is 0 Å². The number of halogens is 2. The zero-order valence-electron chi connectivity index (χ0n) is 13.8. The molecule has 2 aromatic rings. The molecule has 0 spiro atoms. The van der Waals surface area contributed by atoms with Crippen molar-refractivity contribution in [3.05, 3.63) is 68.6 Å². The first-order valence-electron chi connectivity index (χ1n) is 8.08. The molecule has 136 valence electrons. The molecule has 7 heteroatoms. The summed E-state index contributed by atoms with van der Waals surface area (Å²) in [5.41, 5.74) is 1.76. The van der Waals surface area contributed by atoms with Crippen LogP contribution < -0.4 is 0 Å². The van der Waals surface area contributed by atoms with Gasteiger partial charge in [-0.1, -0.05) is 62.2 Å². The summed E-state index contributed by atoms with van der Waals surface area (Å²) < 4.78 is 7.06. The molecule has 0 aliphatic carbocycles. The monoisotopic (exact) mass is 481 g/mol. The van der Waals surface area contributed by atoms with E-state index in [1.807, 2.05) is 48.5 Å². The minimum Gasteiger partial charge on any atom is -0.481 e. The van der Waals surface area contributed by atoms with Gasteiger partial charge in [0.2, 0.25) is 0 Å². The minimum absolute atomic E-state index is 0.137. The number of rotatable bonds is 4. The normalized spacial score (nSPS) is 19.4. The molecule has 1 heterocycles. The van der Waals surface area contributed by atoms with Crippen LogP contribution in [0.3, 0.4) is 0 Å². The van der Waals surface area contributed by atoms with Gasteiger partial charge < -0.3 is 14.7 Å². The van der Waals surface area contributed by atoms with Crippen LogP contribution in [0.15, 0.2) is 57.5 Å². The fraction of sp³-hybridized carbons (Fsp3) is 0.263. The van der Waals surface area contributed by atoms with Gasteiger partial charge in [0.25, 0.3) is 0 Å². The number of benzene rings is 2. The van der Waals surface area contributed by atoms with Gasteiger partial charge in [-0.3, -0.25) is 4.79 Å². The fourth-order valence-corrected chi connectivity index (χ4v) is 4.47. The quantitative estimate of drug-likeness (QED) is 0.688. The first-order chi connectivity index (χ1) is 12.4. The SMILES string of the molecule is O=C(O)C1CN(C(=O)OCc2ccccc2)CC1c1cc(Br)cc(Br)c1. The number of ether oxygens (including phenoxy) is 1. The lowest BCUT2D eigenvalue weighted by molar-refractivity contribution is -0.141. The van der Waals surface area contributed by atoms with Crippen molar-refractivity contribution in [2.24, 2.45) is 5.92 Å². The molecule has 1 amide bonds. The van der Waals surface area contributed by atoms with Gasteiger partial charge in [0, 0.05) is 28.0 Å². The van der Waals surface area contributed by atoms with Gasteiger partial charge >= 0.3 is 12.1 Å². The van der Waals surface area contributed by atoms with E-state index in [1.165, 1.54) is 4.90 Å². The molecule has 2 aromatic carbocycles. The molecule has 1 aliphatic heterocycles. The highest BCUT2D eigenvalue weighted by atomic mass is 79.9. The number of carboxylic acids is 1. The average Bonchev–Trinajstić information content (AvgIpc) is 3.05. The van der Waals surface area contributed by atoms with Crippen LogP contribution in [0.4, 0.5) is 4.79 Å². The zero-order valence-corrected chi connectivity index (χ0v) is 16.9. The summed E-state index contributed by atoms with van der Waals surface area (Å²) in [6.45, 7) is 0.617. The van der Waals surface area contributed by atoms with Gasteiger partial charge in [-0.15, -0.1) is 0 Å². The van der Waals surface area contributed by atoms with E-state index in [1.54, 1.807) is 0 Å². The number of carbonyl (C=O) groups excluding carboxylic acids is 1. The molecular formula is C19H17Br2NO4. The maximum Gasteiger partial charge on any atom is 0.410 e. The number of hydrogen-bond acceptors (Lipinski definition) is 3. The highest BCUT2D eigenvalue weighted by Gasteiger charge is 2.41. The lowest BCUT2D eigenvalue weighted by Gasteiger charge is -2.17. The lowest BCUT2D eigenvalue weighted by atomic mass is 9.89. The molecule has 2 unspecified atom stereocenters. The van der Waals surface area contributed by atoms with E-state index in [0.29, 0.717) is 6.54 Å². The largest absolute Gasteiger partial charge is 0.481 e. The van der Waals surface area contributed by atoms with E-state index in [-0.39, 0.29) is 19.1 Å². The Morgan fingerprint density at radius 1 is 1.08 bits per heavy atom. The molecule has 1 saturated heterocycles. The Morgan fingerprint density at radius 3 is 2.35 bits per heavy atom. The van der Waals surface area contributed by atoms with Crippen molar-refractivity contribution in [3.8, 4) is 0 Å². The summed E-state index contributed by atoms with van der Waals surface area (Å²) in [6, 6.07) is 15.1. The van der Waals surface area contributed by atoms with Crippen molar-refractivity contribution < 1.29 is 19.4 Å². The van der Waals surface area contributed by atoms with Crippen molar-refractivity contribution in [2.45, 2.75) is 12.5 Å². The summed E-state index contributed by atoms with van der Waals surface area (Å²) in [6.07, 6.45) is -0.489. The minimum atomic E-state index is -0.913. The van der Waals surface area contributed by atoms with Crippen molar-refractivity contribution >= 4 is 43.9 Å². The molecule has 3 rings (SSSR count). The van der Waals surface area contributed by atoms with E-state index >= 15 is 0 Å². The zero-order chi connectivity index (χ0) is 18.7. The van der Waals surface area contributed by atoms with E-state index in [4.69, 9.17) is 4.74 Å². The summed E-state index contributed by atoms with van der Waals surface area (Å²) >= 11 is 6.86. The predicted molar refractivity (Wildman–Crippen MR) is 104 cm³/mol. The Bertz CT molecular complexity index is 792. The average molecular weight is 483 g/mol. The van der Waals surface area contributed by atoms with Crippen molar-refractivity contribution in [1.29, 1.82) is 0 Å². The molecule has 0 bridgehead atoms. The molecule has 2 atom stereocenters. The van der Waals surface area contributed by atoms with E-state index in [9.17, 15) is 14.7 Å². The van der Waals surface area contributed by atoms with Crippen LogP contribution in [-0.4, -0.2) is 35.2 Å². The molecule has 0 aromatic heterocycles. The number of carbonyl (C=O) groups is 2. The Morgan fingerprint density at radius 2 is 1.73 bits per heavy atom. The Hall–Kier alpha value is -1.86. The molecule has 1 N–H and O–H groups in total. The maximum atomic E-state index is 12.4. The second kappa shape index (κ2) is 8.22. The third-order valence-corrected chi connectivity index (χ3v) is 5.33. The molecule has 0 saturated carbocycles. The third kappa shape index (κ3) is 4.45. The Labute approximate surface area is 168 Å². The first kappa shape index (κ1) is 18.9. The second-order valence-corrected chi connectivity index (χ2v) is 8.03. The van der Waals surface area contributed by atoms with Gasteiger partial charge in [0.1, 0.15) is 6.61 Å². The molecule has 0 radical (unpaired) electrons. The number of aliphatic carboxylic acids is 1. The van der Waals surface area contributed by atoms with Crippen LogP contribution in [-0.2, 0) is 16.1 Å². The Kier molecular flexibility index (Phi) is 5.98. The number of nitrogens with zero attached hydrogens (tertiary/aromatic N) is 1. The van der Waals surface area contributed by atoms with E-state index in [2.05, 4.69) is 31.9 Å². The van der Waals surface area contributed by atoms with Crippen LogP contribution in [0.2, 0.25) is 0 Å². The van der Waals surface area contributed by atoms with Crippen LogP contribution in [0.25, 0.3) is 0 Å². The van der Waals surface area contributed by atoms with Crippen LogP contribution in [0, 0.1) is 5.92 Å². The number of likely N-dealkylation sites (tertiary alicyclic amines) is 1. The molecule has 1 fully saturated rings. The summed E-state index contributed by atoms with van der Waals surface area (Å²) in [5, 5.41) is 9.59. The van der Waals surface area contributed by atoms with E-state index < -0.39 is 18.0 Å². The topological polar surface area (TPSA) is 66.8 Å². The third-order valence-electron chi connectivity index (χ3n) is 4.41. The van der Waals surface area contributed by atoms with Gasteiger partial charge in [0.15, 0.2) is 0 Å². The standard InChI is InChI=1S/C19H17Br2NO4/c20-14-6-13(7-15(21)8-14)16-9-22(10-17(16)18(23)24)19(25)26-11-12-4-2-1-3-5-12/h1-8,16-17H,9-11H2,(H,23,24). The van der Waals surface area contributed by atoms with Crippen molar-refractivity contribution in [2.75, 3.05) is 13.1 Å². The number of carboxylic acid groups (broad SMARTS) is 1. The smallest absolute Gasteiger partial charge is 0.410 e. The van der Waals surface area contributed by atoms with Crippen LogP contribution in [0.1, 0.15) is 17.0 Å². The first-order valence-corrected chi connectivity index (χ1v) is 9.67. The lowest BCUT2D eigenvalue weighted by Crippen LogP contribution is -2.30. The Balaban J connectivity index is 1.72. The van der Waals surface area contributed by atoms with Gasteiger partial charge in [-0.05, 0) is 29.3 Å². The summed E-state index contributed by atoms with van der Waals surface area (Å²) in [7, 11) is 0. The second-order valence-electron chi connectivity index (χ2n) is 6.20. The number of amides is 1. The van der Waals surface area contributed by atoms with E-state index in [0.717, 1.165) is 20.1 Å². The maximum absolute atomic E-state index is 12.4. The molecule has 1 aliphatic rings. The highest BCUT2D eigenvalue weighted by molar-refractivity contribution is 9.11. The summed E-state index contributed by atoms with van der Waals surface area (Å²) in [4.78, 5) is 25.6. The van der Waals surface area contributed by atoms with Gasteiger partial charge in [0.05, 0.1) is 5.92 Å². The van der Waals surface area contributed by atoms with Gasteiger partial charge in [-0.2, -0.15) is 0 Å². The van der Waals surface area contributed by atoms with Gasteiger partial charge in [-0.25, -0.2) is 4.79 Å². The highest BCUT2D eigenvalue weighted by Crippen LogP contribution is 2.36.